The van der Waals surface area contributed by atoms with E-state index < -0.39 is 6.10 Å². The summed E-state index contributed by atoms with van der Waals surface area (Å²) in [6.07, 6.45) is 79.4. The lowest BCUT2D eigenvalue weighted by molar-refractivity contribution is -0.167. The summed E-state index contributed by atoms with van der Waals surface area (Å²) in [5.41, 5.74) is 0. The predicted molar refractivity (Wildman–Crippen MR) is 321 cm³/mol. The van der Waals surface area contributed by atoms with E-state index in [9.17, 15) is 14.4 Å². The van der Waals surface area contributed by atoms with Gasteiger partial charge in [0.2, 0.25) is 0 Å². The maximum atomic E-state index is 12.9. The third-order valence-electron chi connectivity index (χ3n) is 14.2. The smallest absolute Gasteiger partial charge is 0.306 e. The first kappa shape index (κ1) is 71.1. The second kappa shape index (κ2) is 62.6. The van der Waals surface area contributed by atoms with E-state index in [0.717, 1.165) is 96.3 Å². The fourth-order valence-electron chi connectivity index (χ4n) is 9.32. The molecule has 0 aromatic carbocycles. The number of carbonyl (C=O) groups excluding carboxylic acids is 3. The van der Waals surface area contributed by atoms with Gasteiger partial charge in [-0.25, -0.2) is 0 Å². The average molecular weight is 1040 g/mol. The zero-order valence-corrected chi connectivity index (χ0v) is 49.4. The molecule has 430 valence electrons. The van der Waals surface area contributed by atoms with Crippen LogP contribution in [0.25, 0.3) is 0 Å². The van der Waals surface area contributed by atoms with Crippen molar-refractivity contribution in [3.05, 3.63) is 60.8 Å². The molecule has 0 N–H and O–H groups in total. The van der Waals surface area contributed by atoms with E-state index in [1.807, 2.05) is 0 Å². The number of carbonyl (C=O) groups is 3. The molecule has 0 rings (SSSR count). The molecule has 0 heterocycles. The summed E-state index contributed by atoms with van der Waals surface area (Å²) >= 11 is 0. The summed E-state index contributed by atoms with van der Waals surface area (Å²) in [7, 11) is 0. The van der Waals surface area contributed by atoms with Crippen molar-refractivity contribution in [1.29, 1.82) is 0 Å². The molecule has 0 aliphatic rings. The van der Waals surface area contributed by atoms with Crippen LogP contribution in [0.15, 0.2) is 60.8 Å². The largest absolute Gasteiger partial charge is 0.462 e. The minimum Gasteiger partial charge on any atom is -0.462 e. The highest BCUT2D eigenvalue weighted by Crippen LogP contribution is 2.16. The molecule has 0 bridgehead atoms. The molecule has 1 unspecified atom stereocenters. The lowest BCUT2D eigenvalue weighted by Crippen LogP contribution is -2.30. The summed E-state index contributed by atoms with van der Waals surface area (Å²) in [6.45, 7) is 6.62. The summed E-state index contributed by atoms with van der Waals surface area (Å²) in [5.74, 6) is -0.888. The molecule has 0 aromatic rings. The number of rotatable bonds is 59. The zero-order chi connectivity index (χ0) is 53.6. The van der Waals surface area contributed by atoms with Gasteiger partial charge in [-0.2, -0.15) is 0 Å². The monoisotopic (exact) mass is 1030 g/mol. The van der Waals surface area contributed by atoms with Crippen molar-refractivity contribution in [2.24, 2.45) is 0 Å². The molecule has 0 amide bonds. The van der Waals surface area contributed by atoms with Crippen molar-refractivity contribution in [2.75, 3.05) is 13.2 Å². The van der Waals surface area contributed by atoms with Crippen LogP contribution in [0.4, 0.5) is 0 Å². The van der Waals surface area contributed by atoms with Crippen LogP contribution in [-0.2, 0) is 28.6 Å². The second-order valence-corrected chi connectivity index (χ2v) is 21.7. The SMILES string of the molecule is CCCCC/C=C\C/C=C\CCCCCCCC(=O)OCC(COC(=O)CCCCCCCCCCCCCCC/C=C\C/C=C\CCCCCCC)OC(=O)CCCCCCC/C=C\CCCCCCCCC. The highest BCUT2D eigenvalue weighted by molar-refractivity contribution is 5.71. The third kappa shape index (κ3) is 60.0. The first-order valence-electron chi connectivity index (χ1n) is 32.3. The Bertz CT molecular complexity index is 1330. The van der Waals surface area contributed by atoms with Gasteiger partial charge in [0.15, 0.2) is 6.10 Å². The van der Waals surface area contributed by atoms with Gasteiger partial charge in [-0.05, 0) is 109 Å². The molecular formula is C68H122O6. The quantitative estimate of drug-likeness (QED) is 0.0261. The van der Waals surface area contributed by atoms with Crippen LogP contribution in [0.2, 0.25) is 0 Å². The molecule has 0 fully saturated rings. The van der Waals surface area contributed by atoms with Crippen molar-refractivity contribution < 1.29 is 28.6 Å². The minimum absolute atomic E-state index is 0.0805. The Hall–Kier alpha value is -2.89. The zero-order valence-electron chi connectivity index (χ0n) is 49.4. The Kier molecular flexibility index (Phi) is 60.2. The number of hydrogen-bond acceptors (Lipinski definition) is 6. The van der Waals surface area contributed by atoms with Crippen molar-refractivity contribution in [2.45, 2.75) is 341 Å². The first-order valence-corrected chi connectivity index (χ1v) is 32.3. The molecule has 74 heavy (non-hydrogen) atoms. The second-order valence-electron chi connectivity index (χ2n) is 21.7. The van der Waals surface area contributed by atoms with Crippen molar-refractivity contribution in [1.82, 2.24) is 0 Å². The van der Waals surface area contributed by atoms with Crippen LogP contribution in [0.1, 0.15) is 335 Å². The average Bonchev–Trinajstić information content (AvgIpc) is 3.40. The van der Waals surface area contributed by atoms with Gasteiger partial charge in [-0.3, -0.25) is 14.4 Å². The highest BCUT2D eigenvalue weighted by Gasteiger charge is 2.19. The van der Waals surface area contributed by atoms with E-state index in [2.05, 4.69) is 81.5 Å². The Labute approximate surface area is 460 Å². The Morgan fingerprint density at radius 3 is 0.784 bits per heavy atom. The van der Waals surface area contributed by atoms with E-state index >= 15 is 0 Å². The lowest BCUT2D eigenvalue weighted by Gasteiger charge is -2.18. The van der Waals surface area contributed by atoms with Gasteiger partial charge >= 0.3 is 17.9 Å². The molecule has 6 nitrogen and oxygen atoms in total. The molecule has 0 saturated carbocycles. The van der Waals surface area contributed by atoms with Crippen molar-refractivity contribution >= 4 is 17.9 Å². The Morgan fingerprint density at radius 1 is 0.270 bits per heavy atom. The summed E-state index contributed by atoms with van der Waals surface area (Å²) in [5, 5.41) is 0. The Balaban J connectivity index is 4.30. The molecule has 0 radical (unpaired) electrons. The van der Waals surface area contributed by atoms with E-state index in [1.165, 1.54) is 199 Å². The standard InChI is InChI=1S/C68H122O6/c1-4-7-10-13-16-19-22-25-28-30-31-32-33-34-35-36-37-38-41-43-46-49-52-55-58-61-67(70)73-64-65(63-72-66(69)60-57-54-51-48-45-42-39-27-24-21-18-15-12-9-6-3)74-68(71)62-59-56-53-50-47-44-40-29-26-23-20-17-14-11-8-5-2/h18,21-22,25,27,29-31,39-40,65H,4-17,19-20,23-24,26,28,32-38,41-64H2,1-3H3/b21-18-,25-22-,31-30-,39-27-,40-29-. The van der Waals surface area contributed by atoms with Crippen LogP contribution in [0.5, 0.6) is 0 Å². The molecule has 0 aromatic heterocycles. The first-order chi connectivity index (χ1) is 36.5. The molecule has 0 aliphatic heterocycles. The molecule has 0 spiro atoms. The van der Waals surface area contributed by atoms with Gasteiger partial charge in [0.25, 0.3) is 0 Å². The topological polar surface area (TPSA) is 78.9 Å². The maximum absolute atomic E-state index is 12.9. The van der Waals surface area contributed by atoms with Crippen LogP contribution in [0, 0.1) is 0 Å². The third-order valence-corrected chi connectivity index (χ3v) is 14.2. The van der Waals surface area contributed by atoms with Crippen LogP contribution >= 0.6 is 0 Å². The number of unbranched alkanes of at least 4 members (excludes halogenated alkanes) is 38. The number of allylic oxidation sites excluding steroid dienone is 10. The van der Waals surface area contributed by atoms with Crippen LogP contribution in [0.3, 0.4) is 0 Å². The predicted octanol–water partition coefficient (Wildman–Crippen LogP) is 21.9. The van der Waals surface area contributed by atoms with E-state index in [1.54, 1.807) is 0 Å². The molecule has 0 aliphatic carbocycles. The summed E-state index contributed by atoms with van der Waals surface area (Å²) < 4.78 is 16.9. The summed E-state index contributed by atoms with van der Waals surface area (Å²) in [6, 6.07) is 0. The van der Waals surface area contributed by atoms with Gasteiger partial charge in [0, 0.05) is 19.3 Å². The highest BCUT2D eigenvalue weighted by atomic mass is 16.6. The number of hydrogen-bond donors (Lipinski definition) is 0. The van der Waals surface area contributed by atoms with Gasteiger partial charge < -0.3 is 14.2 Å². The molecule has 6 heteroatoms. The van der Waals surface area contributed by atoms with Gasteiger partial charge in [-0.15, -0.1) is 0 Å². The molecular weight excluding hydrogens is 913 g/mol. The molecule has 1 atom stereocenters. The number of ether oxygens (including phenoxy) is 3. The molecule has 0 saturated heterocycles. The number of esters is 3. The van der Waals surface area contributed by atoms with E-state index in [0.29, 0.717) is 19.3 Å². The fraction of sp³-hybridized carbons (Fsp3) is 0.809. The minimum atomic E-state index is -0.785. The lowest BCUT2D eigenvalue weighted by atomic mass is 10.0. The fourth-order valence-corrected chi connectivity index (χ4v) is 9.32. The van der Waals surface area contributed by atoms with Gasteiger partial charge in [0.05, 0.1) is 0 Å². The van der Waals surface area contributed by atoms with Crippen molar-refractivity contribution in [3.63, 3.8) is 0 Å². The maximum Gasteiger partial charge on any atom is 0.306 e. The normalized spacial score (nSPS) is 12.4. The van der Waals surface area contributed by atoms with Gasteiger partial charge in [0.1, 0.15) is 13.2 Å². The van der Waals surface area contributed by atoms with E-state index in [-0.39, 0.29) is 31.1 Å². The summed E-state index contributed by atoms with van der Waals surface area (Å²) in [4.78, 5) is 38.3. The van der Waals surface area contributed by atoms with E-state index in [4.69, 9.17) is 14.2 Å². The van der Waals surface area contributed by atoms with Crippen LogP contribution < -0.4 is 0 Å². The van der Waals surface area contributed by atoms with Gasteiger partial charge in [-0.1, -0.05) is 268 Å². The van der Waals surface area contributed by atoms with Crippen molar-refractivity contribution in [3.8, 4) is 0 Å². The van der Waals surface area contributed by atoms with Crippen LogP contribution in [-0.4, -0.2) is 37.2 Å². The Morgan fingerprint density at radius 2 is 0.486 bits per heavy atom.